The Balaban J connectivity index is 1.92. The second-order valence-corrected chi connectivity index (χ2v) is 5.17. The molecule has 0 saturated carbocycles. The molecule has 0 radical (unpaired) electrons. The highest BCUT2D eigenvalue weighted by Gasteiger charge is 2.09. The van der Waals surface area contributed by atoms with E-state index < -0.39 is 0 Å². The molecule has 1 unspecified atom stereocenters. The lowest BCUT2D eigenvalue weighted by atomic mass is 10.0. The molecule has 2 rings (SSSR count). The second kappa shape index (κ2) is 6.53. The number of likely N-dealkylation sites (N-methyl/N-ethyl adjacent to an activating group) is 1. The fourth-order valence-electron chi connectivity index (χ4n) is 2.41. The molecule has 1 N–H and O–H groups in total. The predicted molar refractivity (Wildman–Crippen MR) is 79.3 cm³/mol. The minimum Gasteiger partial charge on any atom is -0.338 e. The maximum absolute atomic E-state index is 4.38. The van der Waals surface area contributed by atoms with E-state index in [2.05, 4.69) is 53.1 Å². The Kier molecular flexibility index (Phi) is 4.74. The highest BCUT2D eigenvalue weighted by atomic mass is 15.0. The van der Waals surface area contributed by atoms with E-state index in [9.17, 15) is 0 Å². The standard InChI is InChI=1S/C16H23N3/c1-13-5-4-6-14(11-13)12-15(17-2)7-8-16-18-9-10-19(16)3/h4-6,9-11,15,17H,7-8,12H2,1-3H3. The molecule has 19 heavy (non-hydrogen) atoms. The number of aryl methyl sites for hydroxylation is 3. The van der Waals surface area contributed by atoms with E-state index >= 15 is 0 Å². The van der Waals surface area contributed by atoms with Gasteiger partial charge < -0.3 is 9.88 Å². The third-order valence-corrected chi connectivity index (χ3v) is 3.61. The summed E-state index contributed by atoms with van der Waals surface area (Å²) in [5.41, 5.74) is 2.73. The molecule has 1 atom stereocenters. The summed E-state index contributed by atoms with van der Waals surface area (Å²) in [6, 6.07) is 9.25. The average Bonchev–Trinajstić information content (AvgIpc) is 2.80. The highest BCUT2D eigenvalue weighted by molar-refractivity contribution is 5.23. The van der Waals surface area contributed by atoms with Crippen molar-refractivity contribution in [2.24, 2.45) is 7.05 Å². The molecule has 0 fully saturated rings. The van der Waals surface area contributed by atoms with Gasteiger partial charge in [0.25, 0.3) is 0 Å². The van der Waals surface area contributed by atoms with Gasteiger partial charge in [0, 0.05) is 31.9 Å². The molecule has 0 aliphatic rings. The Labute approximate surface area is 115 Å². The number of hydrogen-bond donors (Lipinski definition) is 1. The second-order valence-electron chi connectivity index (χ2n) is 5.17. The molecule has 0 saturated heterocycles. The fraction of sp³-hybridized carbons (Fsp3) is 0.438. The van der Waals surface area contributed by atoms with Crippen molar-refractivity contribution in [1.82, 2.24) is 14.9 Å². The molecule has 0 aliphatic heterocycles. The Morgan fingerprint density at radius 2 is 2.21 bits per heavy atom. The molecule has 0 spiro atoms. The third-order valence-electron chi connectivity index (χ3n) is 3.61. The van der Waals surface area contributed by atoms with Gasteiger partial charge in [0.2, 0.25) is 0 Å². The van der Waals surface area contributed by atoms with E-state index in [1.54, 1.807) is 0 Å². The number of hydrogen-bond acceptors (Lipinski definition) is 2. The van der Waals surface area contributed by atoms with Crippen molar-refractivity contribution in [3.63, 3.8) is 0 Å². The molecule has 0 bridgehead atoms. The average molecular weight is 257 g/mol. The molecule has 2 aromatic rings. The molecule has 1 heterocycles. The van der Waals surface area contributed by atoms with Gasteiger partial charge in [-0.3, -0.25) is 0 Å². The topological polar surface area (TPSA) is 29.9 Å². The van der Waals surface area contributed by atoms with E-state index in [0.29, 0.717) is 6.04 Å². The maximum Gasteiger partial charge on any atom is 0.108 e. The van der Waals surface area contributed by atoms with E-state index in [1.165, 1.54) is 11.1 Å². The van der Waals surface area contributed by atoms with Crippen LogP contribution < -0.4 is 5.32 Å². The van der Waals surface area contributed by atoms with Crippen molar-refractivity contribution in [3.05, 3.63) is 53.6 Å². The normalized spacial score (nSPS) is 12.6. The van der Waals surface area contributed by atoms with Crippen LogP contribution in [0.4, 0.5) is 0 Å². The largest absolute Gasteiger partial charge is 0.338 e. The first-order chi connectivity index (χ1) is 9.19. The van der Waals surface area contributed by atoms with Crippen LogP contribution in [0.5, 0.6) is 0 Å². The first-order valence-electron chi connectivity index (χ1n) is 6.88. The highest BCUT2D eigenvalue weighted by Crippen LogP contribution is 2.10. The van der Waals surface area contributed by atoms with Gasteiger partial charge in [-0.2, -0.15) is 0 Å². The van der Waals surface area contributed by atoms with Gasteiger partial charge in [0.05, 0.1) is 0 Å². The molecular weight excluding hydrogens is 234 g/mol. The van der Waals surface area contributed by atoms with Crippen LogP contribution in [0, 0.1) is 6.92 Å². The van der Waals surface area contributed by atoms with E-state index in [0.717, 1.165) is 25.1 Å². The summed E-state index contributed by atoms with van der Waals surface area (Å²) in [4.78, 5) is 4.38. The first-order valence-corrected chi connectivity index (χ1v) is 6.88. The predicted octanol–water partition coefficient (Wildman–Crippen LogP) is 2.49. The van der Waals surface area contributed by atoms with Crippen LogP contribution in [0.1, 0.15) is 23.4 Å². The maximum atomic E-state index is 4.38. The summed E-state index contributed by atoms with van der Waals surface area (Å²) in [6.45, 7) is 2.14. The summed E-state index contributed by atoms with van der Waals surface area (Å²) in [5.74, 6) is 1.16. The van der Waals surface area contributed by atoms with Gasteiger partial charge in [-0.05, 0) is 32.4 Å². The third kappa shape index (κ3) is 3.93. The molecule has 1 aromatic carbocycles. The van der Waals surface area contributed by atoms with E-state index in [4.69, 9.17) is 0 Å². The quantitative estimate of drug-likeness (QED) is 0.861. The van der Waals surface area contributed by atoms with Crippen LogP contribution in [0.25, 0.3) is 0 Å². The fourth-order valence-corrected chi connectivity index (χ4v) is 2.41. The van der Waals surface area contributed by atoms with Crippen molar-refractivity contribution in [3.8, 4) is 0 Å². The van der Waals surface area contributed by atoms with Gasteiger partial charge in [0.15, 0.2) is 0 Å². The Hall–Kier alpha value is -1.61. The van der Waals surface area contributed by atoms with Crippen molar-refractivity contribution in [2.45, 2.75) is 32.2 Å². The lowest BCUT2D eigenvalue weighted by Crippen LogP contribution is -2.28. The smallest absolute Gasteiger partial charge is 0.108 e. The summed E-state index contributed by atoms with van der Waals surface area (Å²) < 4.78 is 2.10. The van der Waals surface area contributed by atoms with Crippen LogP contribution >= 0.6 is 0 Å². The molecule has 0 amide bonds. The minimum atomic E-state index is 0.499. The zero-order chi connectivity index (χ0) is 13.7. The minimum absolute atomic E-state index is 0.499. The van der Waals surface area contributed by atoms with Crippen molar-refractivity contribution in [1.29, 1.82) is 0 Å². The zero-order valence-electron chi connectivity index (χ0n) is 12.1. The Bertz CT molecular complexity index is 516. The molecule has 1 aromatic heterocycles. The SMILES string of the molecule is CNC(CCc1nccn1C)Cc1cccc(C)c1. The number of benzene rings is 1. The Morgan fingerprint density at radius 3 is 2.84 bits per heavy atom. The van der Waals surface area contributed by atoms with E-state index in [1.807, 2.05) is 19.4 Å². The van der Waals surface area contributed by atoms with Crippen LogP contribution in [0.15, 0.2) is 36.7 Å². The summed E-state index contributed by atoms with van der Waals surface area (Å²) >= 11 is 0. The van der Waals surface area contributed by atoms with Crippen molar-refractivity contribution >= 4 is 0 Å². The molecule has 0 aliphatic carbocycles. The van der Waals surface area contributed by atoms with Crippen LogP contribution in [-0.2, 0) is 19.9 Å². The van der Waals surface area contributed by atoms with E-state index in [-0.39, 0.29) is 0 Å². The first kappa shape index (κ1) is 13.8. The van der Waals surface area contributed by atoms with Gasteiger partial charge >= 0.3 is 0 Å². The van der Waals surface area contributed by atoms with Crippen LogP contribution in [-0.4, -0.2) is 22.6 Å². The lowest BCUT2D eigenvalue weighted by Gasteiger charge is -2.16. The van der Waals surface area contributed by atoms with Gasteiger partial charge in [-0.1, -0.05) is 29.8 Å². The number of nitrogens with zero attached hydrogens (tertiary/aromatic N) is 2. The van der Waals surface area contributed by atoms with Gasteiger partial charge in [-0.15, -0.1) is 0 Å². The number of rotatable bonds is 6. The molecular formula is C16H23N3. The van der Waals surface area contributed by atoms with Gasteiger partial charge in [0.1, 0.15) is 5.82 Å². The molecule has 102 valence electrons. The number of nitrogens with one attached hydrogen (secondary N) is 1. The number of aromatic nitrogens is 2. The van der Waals surface area contributed by atoms with Crippen LogP contribution in [0.3, 0.4) is 0 Å². The summed E-state index contributed by atoms with van der Waals surface area (Å²) in [7, 11) is 4.09. The molecule has 3 heteroatoms. The van der Waals surface area contributed by atoms with Crippen molar-refractivity contribution < 1.29 is 0 Å². The molecule has 3 nitrogen and oxygen atoms in total. The van der Waals surface area contributed by atoms with Gasteiger partial charge in [-0.25, -0.2) is 4.98 Å². The number of imidazole rings is 1. The summed E-state index contributed by atoms with van der Waals surface area (Å²) in [6.07, 6.45) is 7.06. The monoisotopic (exact) mass is 257 g/mol. The Morgan fingerprint density at radius 1 is 1.37 bits per heavy atom. The zero-order valence-corrected chi connectivity index (χ0v) is 12.1. The van der Waals surface area contributed by atoms with Crippen LogP contribution in [0.2, 0.25) is 0 Å². The lowest BCUT2D eigenvalue weighted by molar-refractivity contribution is 0.510. The summed E-state index contributed by atoms with van der Waals surface area (Å²) in [5, 5.41) is 3.41. The van der Waals surface area contributed by atoms with Crippen molar-refractivity contribution in [2.75, 3.05) is 7.05 Å².